The zero-order valence-electron chi connectivity index (χ0n) is 9.84. The minimum absolute atomic E-state index is 0.211. The number of rotatable bonds is 3. The largest absolute Gasteiger partial charge is 0.327 e. The number of carbonyl (C=O) groups is 1. The molecule has 0 unspecified atom stereocenters. The van der Waals surface area contributed by atoms with Gasteiger partial charge in [0.1, 0.15) is 5.82 Å². The smallest absolute Gasteiger partial charge is 0.248 e. The summed E-state index contributed by atoms with van der Waals surface area (Å²) in [6, 6.07) is 1.38. The second-order valence-electron chi connectivity index (χ2n) is 3.81. The van der Waals surface area contributed by atoms with Gasteiger partial charge in [0.25, 0.3) is 0 Å². The van der Waals surface area contributed by atoms with E-state index >= 15 is 0 Å². The molecule has 0 spiro atoms. The molecule has 0 aliphatic heterocycles. The van der Waals surface area contributed by atoms with Crippen LogP contribution in [-0.2, 0) is 18.3 Å². The molecule has 0 radical (unpaired) electrons. The molecule has 18 heavy (non-hydrogen) atoms. The van der Waals surface area contributed by atoms with Crippen LogP contribution in [0.25, 0.3) is 0 Å². The lowest BCUT2D eigenvalue weighted by atomic mass is 10.1. The van der Waals surface area contributed by atoms with Crippen molar-refractivity contribution in [3.05, 3.63) is 46.2 Å². The summed E-state index contributed by atoms with van der Waals surface area (Å²) in [6.07, 6.45) is 5.24. The van der Waals surface area contributed by atoms with E-state index in [1.54, 1.807) is 10.8 Å². The van der Waals surface area contributed by atoms with Gasteiger partial charge >= 0.3 is 0 Å². The maximum atomic E-state index is 12.9. The fraction of sp³-hybridized carbons (Fsp3) is 0.250. The quantitative estimate of drug-likeness (QED) is 0.847. The topological polar surface area (TPSA) is 47.2 Å². The molecule has 6 heteroatoms. The summed E-state index contributed by atoms with van der Waals surface area (Å²) in [6.45, 7) is 0. The Morgan fingerprint density at radius 1 is 1.56 bits per heavy atom. The minimum atomic E-state index is -0.387. The van der Waals surface area contributed by atoms with Crippen molar-refractivity contribution < 1.29 is 9.18 Å². The average Bonchev–Trinajstić information content (AvgIpc) is 2.73. The fourth-order valence-electron chi connectivity index (χ4n) is 1.44. The van der Waals surface area contributed by atoms with E-state index in [1.807, 2.05) is 18.6 Å². The van der Waals surface area contributed by atoms with Gasteiger partial charge in [0.05, 0.1) is 6.20 Å². The van der Waals surface area contributed by atoms with E-state index in [9.17, 15) is 9.18 Å². The first-order chi connectivity index (χ1) is 8.65. The molecule has 2 heterocycles. The van der Waals surface area contributed by atoms with E-state index in [-0.39, 0.29) is 18.1 Å². The molecule has 2 rings (SSSR count). The minimum Gasteiger partial charge on any atom is -0.327 e. The molecule has 0 aromatic carbocycles. The Morgan fingerprint density at radius 3 is 3.06 bits per heavy atom. The highest BCUT2D eigenvalue weighted by Crippen LogP contribution is 2.04. The number of aromatic nitrogens is 2. The number of hydrogen-bond acceptors (Lipinski definition) is 3. The van der Waals surface area contributed by atoms with E-state index < -0.39 is 0 Å². The number of carbonyl (C=O) groups excluding carboxylic acids is 1. The van der Waals surface area contributed by atoms with Crippen LogP contribution >= 0.6 is 11.3 Å². The highest BCUT2D eigenvalue weighted by molar-refractivity contribution is 7.07. The van der Waals surface area contributed by atoms with Crippen LogP contribution in [0.15, 0.2) is 35.0 Å². The number of nitrogens with zero attached hydrogens (tertiary/aromatic N) is 3. The van der Waals surface area contributed by atoms with Crippen molar-refractivity contribution in [3.8, 4) is 0 Å². The van der Waals surface area contributed by atoms with Crippen molar-refractivity contribution in [2.45, 2.75) is 12.8 Å². The number of hydrogen-bond donors (Lipinski definition) is 0. The predicted molar refractivity (Wildman–Crippen MR) is 66.4 cm³/mol. The molecular weight excluding hydrogens is 253 g/mol. The molecule has 0 aliphatic carbocycles. The summed E-state index contributed by atoms with van der Waals surface area (Å²) in [5, 5.41) is 1.86. The standard InChI is InChI=1S/C12H12FN3OS/c1-16-4-5-18-12(16)15-11(17)3-2-9-6-10(13)8-14-7-9/h4-8H,2-3H2,1H3. The lowest BCUT2D eigenvalue weighted by Gasteiger charge is -1.98. The molecule has 2 aromatic heterocycles. The number of aryl methyl sites for hydroxylation is 2. The van der Waals surface area contributed by atoms with Crippen LogP contribution in [0.5, 0.6) is 0 Å². The van der Waals surface area contributed by atoms with E-state index in [4.69, 9.17) is 0 Å². The average molecular weight is 265 g/mol. The summed E-state index contributed by atoms with van der Waals surface area (Å²) in [7, 11) is 1.83. The van der Waals surface area contributed by atoms with Crippen LogP contribution in [0, 0.1) is 5.82 Å². The van der Waals surface area contributed by atoms with Crippen molar-refractivity contribution in [3.63, 3.8) is 0 Å². The van der Waals surface area contributed by atoms with Crippen molar-refractivity contribution in [1.82, 2.24) is 9.55 Å². The molecule has 0 bridgehead atoms. The number of amides is 1. The molecular formula is C12H12FN3OS. The third-order valence-electron chi connectivity index (χ3n) is 2.37. The zero-order chi connectivity index (χ0) is 13.0. The first-order valence-corrected chi connectivity index (χ1v) is 6.30. The van der Waals surface area contributed by atoms with E-state index in [2.05, 4.69) is 9.98 Å². The van der Waals surface area contributed by atoms with Gasteiger partial charge in [-0.3, -0.25) is 9.78 Å². The van der Waals surface area contributed by atoms with Gasteiger partial charge in [-0.1, -0.05) is 0 Å². The van der Waals surface area contributed by atoms with Gasteiger partial charge in [0.2, 0.25) is 5.91 Å². The Balaban J connectivity index is 1.99. The summed E-state index contributed by atoms with van der Waals surface area (Å²) in [5.41, 5.74) is 0.703. The maximum absolute atomic E-state index is 12.9. The van der Waals surface area contributed by atoms with Crippen LogP contribution < -0.4 is 4.80 Å². The third-order valence-corrected chi connectivity index (χ3v) is 3.22. The van der Waals surface area contributed by atoms with Gasteiger partial charge < -0.3 is 4.57 Å². The maximum Gasteiger partial charge on any atom is 0.248 e. The Bertz CT molecular complexity index is 618. The molecule has 2 aromatic rings. The summed E-state index contributed by atoms with van der Waals surface area (Å²) < 4.78 is 14.7. The van der Waals surface area contributed by atoms with Crippen LogP contribution in [0.3, 0.4) is 0 Å². The van der Waals surface area contributed by atoms with Gasteiger partial charge in [-0.2, -0.15) is 4.99 Å². The molecule has 0 fully saturated rings. The SMILES string of the molecule is Cn1ccsc1=NC(=O)CCc1cncc(F)c1. The third kappa shape index (κ3) is 3.33. The lowest BCUT2D eigenvalue weighted by molar-refractivity contribution is -0.118. The lowest BCUT2D eigenvalue weighted by Crippen LogP contribution is -2.12. The zero-order valence-corrected chi connectivity index (χ0v) is 10.7. The monoisotopic (exact) mass is 265 g/mol. The van der Waals surface area contributed by atoms with Gasteiger partial charge in [0, 0.05) is 31.2 Å². The first-order valence-electron chi connectivity index (χ1n) is 5.42. The molecule has 4 nitrogen and oxygen atoms in total. The van der Waals surface area contributed by atoms with Crippen molar-refractivity contribution in [2.75, 3.05) is 0 Å². The summed E-state index contributed by atoms with van der Waals surface area (Å²) in [4.78, 5) is 20.0. The van der Waals surface area contributed by atoms with E-state index in [0.717, 1.165) is 6.20 Å². The molecule has 0 saturated carbocycles. The molecule has 0 aliphatic rings. The van der Waals surface area contributed by atoms with Crippen molar-refractivity contribution in [1.29, 1.82) is 0 Å². The Hall–Kier alpha value is -1.82. The molecule has 1 amide bonds. The van der Waals surface area contributed by atoms with Crippen LogP contribution in [0.4, 0.5) is 4.39 Å². The second kappa shape index (κ2) is 5.68. The first kappa shape index (κ1) is 12.6. The van der Waals surface area contributed by atoms with E-state index in [1.165, 1.54) is 17.4 Å². The Kier molecular flexibility index (Phi) is 3.99. The van der Waals surface area contributed by atoms with Crippen LogP contribution in [-0.4, -0.2) is 15.5 Å². The van der Waals surface area contributed by atoms with Gasteiger partial charge in [-0.15, -0.1) is 11.3 Å². The number of pyridine rings is 1. The highest BCUT2D eigenvalue weighted by atomic mass is 32.1. The predicted octanol–water partition coefficient (Wildman–Crippen LogP) is 1.68. The normalized spacial score (nSPS) is 11.8. The fourth-order valence-corrected chi connectivity index (χ4v) is 2.19. The van der Waals surface area contributed by atoms with E-state index in [0.29, 0.717) is 16.8 Å². The number of thiazole rings is 1. The molecule has 94 valence electrons. The van der Waals surface area contributed by atoms with Gasteiger partial charge in [0.15, 0.2) is 4.80 Å². The van der Waals surface area contributed by atoms with Gasteiger partial charge in [-0.05, 0) is 18.1 Å². The summed E-state index contributed by atoms with van der Waals surface area (Å²) in [5.74, 6) is -0.598. The molecule has 0 N–H and O–H groups in total. The number of halogens is 1. The van der Waals surface area contributed by atoms with Crippen LogP contribution in [0.2, 0.25) is 0 Å². The van der Waals surface area contributed by atoms with Crippen molar-refractivity contribution in [2.24, 2.45) is 12.0 Å². The Morgan fingerprint density at radius 2 is 2.39 bits per heavy atom. The molecule has 0 atom stereocenters. The second-order valence-corrected chi connectivity index (χ2v) is 4.69. The van der Waals surface area contributed by atoms with Crippen molar-refractivity contribution >= 4 is 17.2 Å². The van der Waals surface area contributed by atoms with Crippen LogP contribution in [0.1, 0.15) is 12.0 Å². The molecule has 0 saturated heterocycles. The van der Waals surface area contributed by atoms with Gasteiger partial charge in [-0.25, -0.2) is 4.39 Å². The highest BCUT2D eigenvalue weighted by Gasteiger charge is 2.03. The Labute approximate surface area is 107 Å². The summed E-state index contributed by atoms with van der Waals surface area (Å²) >= 11 is 1.41.